The summed E-state index contributed by atoms with van der Waals surface area (Å²) in [5, 5.41) is 7.80. The first kappa shape index (κ1) is 19.1. The summed E-state index contributed by atoms with van der Waals surface area (Å²) in [5.74, 6) is -0.157. The summed E-state index contributed by atoms with van der Waals surface area (Å²) in [4.78, 5) is 15.4. The van der Waals surface area contributed by atoms with Crippen molar-refractivity contribution < 1.29 is 13.2 Å². The summed E-state index contributed by atoms with van der Waals surface area (Å²) in [7, 11) is -3.73. The van der Waals surface area contributed by atoms with Gasteiger partial charge in [0.1, 0.15) is 0 Å². The number of hydrogen-bond donors (Lipinski definition) is 2. The molecule has 0 radical (unpaired) electrons. The van der Waals surface area contributed by atoms with Gasteiger partial charge in [-0.15, -0.1) is 11.3 Å². The van der Waals surface area contributed by atoms with Crippen LogP contribution in [-0.2, 0) is 21.4 Å². The average Bonchev–Trinajstić information content (AvgIpc) is 2.91. The zero-order valence-corrected chi connectivity index (χ0v) is 16.2. The number of carbonyl (C=O) groups is 1. The second-order valence-electron chi connectivity index (χ2n) is 5.13. The van der Waals surface area contributed by atoms with Gasteiger partial charge in [0, 0.05) is 17.1 Å². The number of anilines is 1. The lowest BCUT2D eigenvalue weighted by Crippen LogP contribution is -2.32. The van der Waals surface area contributed by atoms with E-state index in [1.54, 1.807) is 11.3 Å². The van der Waals surface area contributed by atoms with Crippen LogP contribution >= 0.6 is 27.3 Å². The van der Waals surface area contributed by atoms with Crippen molar-refractivity contribution in [3.63, 3.8) is 0 Å². The van der Waals surface area contributed by atoms with Crippen molar-refractivity contribution >= 4 is 48.9 Å². The zero-order chi connectivity index (χ0) is 17.7. The number of amides is 1. The number of likely N-dealkylation sites (N-methyl/N-ethyl adjacent to an activating group) is 1. The van der Waals surface area contributed by atoms with E-state index >= 15 is 0 Å². The first-order valence-corrected chi connectivity index (χ1v) is 10.3. The predicted octanol–water partition coefficient (Wildman–Crippen LogP) is 2.62. The molecule has 1 amide bonds. The SMILES string of the molecule is CCN(CC(=O)Nc1ccc(S(N)(=O)=O)cc1)Cc1ccc(Br)s1. The van der Waals surface area contributed by atoms with Gasteiger partial charge in [-0.3, -0.25) is 9.69 Å². The third-order valence-electron chi connectivity index (χ3n) is 3.29. The fraction of sp³-hybridized carbons (Fsp3) is 0.267. The Labute approximate surface area is 153 Å². The van der Waals surface area contributed by atoms with Crippen molar-refractivity contribution in [3.8, 4) is 0 Å². The zero-order valence-electron chi connectivity index (χ0n) is 13.0. The first-order chi connectivity index (χ1) is 11.3. The molecule has 0 aliphatic carbocycles. The maximum Gasteiger partial charge on any atom is 0.238 e. The molecule has 24 heavy (non-hydrogen) atoms. The third-order valence-corrected chi connectivity index (χ3v) is 5.83. The molecule has 2 rings (SSSR count). The van der Waals surface area contributed by atoms with Crippen LogP contribution in [0.2, 0.25) is 0 Å². The summed E-state index contributed by atoms with van der Waals surface area (Å²) >= 11 is 5.07. The van der Waals surface area contributed by atoms with Gasteiger partial charge < -0.3 is 5.32 Å². The molecule has 9 heteroatoms. The number of nitrogens with zero attached hydrogens (tertiary/aromatic N) is 1. The van der Waals surface area contributed by atoms with Crippen LogP contribution < -0.4 is 10.5 Å². The van der Waals surface area contributed by atoms with Crippen LogP contribution in [0.25, 0.3) is 0 Å². The van der Waals surface area contributed by atoms with E-state index < -0.39 is 10.0 Å². The Bertz CT molecular complexity index is 804. The van der Waals surface area contributed by atoms with E-state index in [4.69, 9.17) is 5.14 Å². The number of halogens is 1. The molecular formula is C15H18BrN3O3S2. The van der Waals surface area contributed by atoms with Gasteiger partial charge in [0.05, 0.1) is 15.2 Å². The van der Waals surface area contributed by atoms with Crippen LogP contribution in [0.1, 0.15) is 11.8 Å². The van der Waals surface area contributed by atoms with Gasteiger partial charge >= 0.3 is 0 Å². The van der Waals surface area contributed by atoms with Gasteiger partial charge in [-0.25, -0.2) is 13.6 Å². The molecule has 0 spiro atoms. The molecule has 3 N–H and O–H groups in total. The number of nitrogens with one attached hydrogen (secondary N) is 1. The van der Waals surface area contributed by atoms with E-state index in [9.17, 15) is 13.2 Å². The van der Waals surface area contributed by atoms with Crippen LogP contribution in [0.15, 0.2) is 45.1 Å². The second-order valence-corrected chi connectivity index (χ2v) is 9.24. The molecule has 0 atom stereocenters. The largest absolute Gasteiger partial charge is 0.325 e. The van der Waals surface area contributed by atoms with Gasteiger partial charge in [0.25, 0.3) is 0 Å². The van der Waals surface area contributed by atoms with Crippen LogP contribution in [-0.4, -0.2) is 32.3 Å². The average molecular weight is 432 g/mol. The topological polar surface area (TPSA) is 92.5 Å². The Kier molecular flexibility index (Phi) is 6.53. The molecule has 2 aromatic rings. The molecule has 0 fully saturated rings. The number of rotatable bonds is 7. The van der Waals surface area contributed by atoms with Crippen LogP contribution in [0.3, 0.4) is 0 Å². The quantitative estimate of drug-likeness (QED) is 0.704. The van der Waals surface area contributed by atoms with E-state index in [1.807, 2.05) is 24.0 Å². The van der Waals surface area contributed by atoms with E-state index in [0.717, 1.165) is 10.3 Å². The molecule has 0 bridgehead atoms. The fourth-order valence-electron chi connectivity index (χ4n) is 2.07. The second kappa shape index (κ2) is 8.21. The van der Waals surface area contributed by atoms with Crippen LogP contribution in [0, 0.1) is 0 Å². The maximum atomic E-state index is 12.2. The van der Waals surface area contributed by atoms with E-state index in [1.165, 1.54) is 29.1 Å². The van der Waals surface area contributed by atoms with Crippen molar-refractivity contribution in [1.82, 2.24) is 4.90 Å². The number of benzene rings is 1. The molecule has 0 aliphatic rings. The van der Waals surface area contributed by atoms with Crippen molar-refractivity contribution in [2.75, 3.05) is 18.4 Å². The summed E-state index contributed by atoms with van der Waals surface area (Å²) in [6.07, 6.45) is 0. The lowest BCUT2D eigenvalue weighted by Gasteiger charge is -2.19. The minimum atomic E-state index is -3.73. The molecule has 130 valence electrons. The van der Waals surface area contributed by atoms with Crippen molar-refractivity contribution in [2.24, 2.45) is 5.14 Å². The summed E-state index contributed by atoms with van der Waals surface area (Å²) in [6.45, 7) is 3.69. The van der Waals surface area contributed by atoms with E-state index in [2.05, 4.69) is 21.2 Å². The van der Waals surface area contributed by atoms with E-state index in [0.29, 0.717) is 12.2 Å². The predicted molar refractivity (Wildman–Crippen MR) is 99.4 cm³/mol. The maximum absolute atomic E-state index is 12.2. The molecule has 1 heterocycles. The Hall–Kier alpha value is -1.26. The smallest absolute Gasteiger partial charge is 0.238 e. The third kappa shape index (κ3) is 5.67. The highest BCUT2D eigenvalue weighted by Crippen LogP contribution is 2.23. The molecule has 0 aliphatic heterocycles. The molecule has 0 saturated heterocycles. The minimum absolute atomic E-state index is 0.0129. The molecule has 1 aromatic heterocycles. The number of carbonyl (C=O) groups excluding carboxylic acids is 1. The summed E-state index contributed by atoms with van der Waals surface area (Å²) < 4.78 is 23.5. The standard InChI is InChI=1S/C15H18BrN3O3S2/c1-2-19(9-12-5-8-14(16)23-12)10-15(20)18-11-3-6-13(7-4-11)24(17,21)22/h3-8H,2,9-10H2,1H3,(H,18,20)(H2,17,21,22). The lowest BCUT2D eigenvalue weighted by molar-refractivity contribution is -0.117. The van der Waals surface area contributed by atoms with Crippen molar-refractivity contribution in [3.05, 3.63) is 45.1 Å². The van der Waals surface area contributed by atoms with Crippen LogP contribution in [0.4, 0.5) is 5.69 Å². The normalized spacial score (nSPS) is 11.7. The Morgan fingerprint density at radius 1 is 1.25 bits per heavy atom. The van der Waals surface area contributed by atoms with Gasteiger partial charge in [0.2, 0.25) is 15.9 Å². The monoisotopic (exact) mass is 431 g/mol. The van der Waals surface area contributed by atoms with Crippen molar-refractivity contribution in [2.45, 2.75) is 18.4 Å². The van der Waals surface area contributed by atoms with Gasteiger partial charge in [0.15, 0.2) is 0 Å². The number of thiophene rings is 1. The molecule has 1 aromatic carbocycles. The molecule has 0 unspecified atom stereocenters. The Balaban J connectivity index is 1.93. The minimum Gasteiger partial charge on any atom is -0.325 e. The Morgan fingerprint density at radius 3 is 2.42 bits per heavy atom. The fourth-order valence-corrected chi connectivity index (χ4v) is 4.11. The van der Waals surface area contributed by atoms with Gasteiger partial charge in [-0.05, 0) is 58.9 Å². The number of hydrogen-bond acceptors (Lipinski definition) is 5. The van der Waals surface area contributed by atoms with Gasteiger partial charge in [-0.2, -0.15) is 0 Å². The van der Waals surface area contributed by atoms with E-state index in [-0.39, 0.29) is 17.3 Å². The number of primary sulfonamides is 1. The first-order valence-electron chi connectivity index (χ1n) is 7.17. The lowest BCUT2D eigenvalue weighted by atomic mass is 10.3. The van der Waals surface area contributed by atoms with Crippen LogP contribution in [0.5, 0.6) is 0 Å². The number of nitrogens with two attached hydrogens (primary N) is 1. The summed E-state index contributed by atoms with van der Waals surface area (Å²) in [6, 6.07) is 9.79. The van der Waals surface area contributed by atoms with Gasteiger partial charge in [-0.1, -0.05) is 6.92 Å². The van der Waals surface area contributed by atoms with Crippen molar-refractivity contribution in [1.29, 1.82) is 0 Å². The number of sulfonamides is 1. The molecule has 6 nitrogen and oxygen atoms in total. The highest BCUT2D eigenvalue weighted by Gasteiger charge is 2.12. The molecular weight excluding hydrogens is 414 g/mol. The highest BCUT2D eigenvalue weighted by molar-refractivity contribution is 9.11. The highest BCUT2D eigenvalue weighted by atomic mass is 79.9. The Morgan fingerprint density at radius 2 is 1.92 bits per heavy atom. The summed E-state index contributed by atoms with van der Waals surface area (Å²) in [5.41, 5.74) is 0.530. The molecule has 0 saturated carbocycles.